The van der Waals surface area contributed by atoms with Crippen LogP contribution in [-0.4, -0.2) is 4.57 Å². The topological polar surface area (TPSA) is 21.3 Å². The third-order valence-electron chi connectivity index (χ3n) is 11.4. The highest BCUT2D eigenvalue weighted by atomic mass is 32.1. The number of furan rings is 1. The van der Waals surface area contributed by atoms with Gasteiger partial charge in [0.2, 0.25) is 0 Å². The molecule has 0 aliphatic rings. The van der Waals surface area contributed by atoms with Crippen LogP contribution in [0.25, 0.3) is 91.5 Å². The van der Waals surface area contributed by atoms with Gasteiger partial charge in [0.1, 0.15) is 11.2 Å². The van der Waals surface area contributed by atoms with E-state index in [0.29, 0.717) is 0 Å². The van der Waals surface area contributed by atoms with Gasteiger partial charge in [-0.1, -0.05) is 121 Å². The molecule has 12 rings (SSSR count). The van der Waals surface area contributed by atoms with Crippen LogP contribution in [0.4, 0.5) is 17.1 Å². The van der Waals surface area contributed by atoms with Crippen molar-refractivity contribution in [3.63, 3.8) is 0 Å². The highest BCUT2D eigenvalue weighted by molar-refractivity contribution is 7.26. The van der Waals surface area contributed by atoms with Gasteiger partial charge in [-0.05, 0) is 89.3 Å². The Morgan fingerprint density at radius 3 is 1.98 bits per heavy atom. The van der Waals surface area contributed by atoms with Gasteiger partial charge in [0.05, 0.1) is 27.8 Å². The van der Waals surface area contributed by atoms with Crippen LogP contribution in [0.5, 0.6) is 0 Å². The molecule has 3 aromatic heterocycles. The van der Waals surface area contributed by atoms with E-state index in [9.17, 15) is 0 Å². The van der Waals surface area contributed by atoms with E-state index in [1.165, 1.54) is 58.5 Å². The van der Waals surface area contributed by atoms with E-state index in [1.807, 2.05) is 11.3 Å². The van der Waals surface area contributed by atoms with Gasteiger partial charge < -0.3 is 13.9 Å². The van der Waals surface area contributed by atoms with Crippen molar-refractivity contribution in [1.82, 2.24) is 4.57 Å². The second-order valence-electron chi connectivity index (χ2n) is 14.4. The van der Waals surface area contributed by atoms with Crippen molar-refractivity contribution < 1.29 is 4.42 Å². The third-order valence-corrected chi connectivity index (χ3v) is 12.5. The maximum Gasteiger partial charge on any atom is 0.143 e. The lowest BCUT2D eigenvalue weighted by molar-refractivity contribution is 0.672. The number of anilines is 3. The fourth-order valence-electron chi connectivity index (χ4n) is 8.98. The molecule has 3 heterocycles. The first-order valence-electron chi connectivity index (χ1n) is 19.0. The fourth-order valence-corrected chi connectivity index (χ4v) is 10.1. The number of benzene rings is 9. The lowest BCUT2D eigenvalue weighted by atomic mass is 9.98. The van der Waals surface area contributed by atoms with Gasteiger partial charge in [-0.15, -0.1) is 11.3 Å². The van der Waals surface area contributed by atoms with E-state index in [2.05, 4.69) is 204 Å². The Bertz CT molecular complexity index is 3480. The molecule has 0 spiro atoms. The summed E-state index contributed by atoms with van der Waals surface area (Å²) < 4.78 is 11.7. The molecule has 0 saturated carbocycles. The second-order valence-corrected chi connectivity index (χ2v) is 15.5. The molecule has 56 heavy (non-hydrogen) atoms. The summed E-state index contributed by atoms with van der Waals surface area (Å²) in [5.74, 6) is 0. The Labute approximate surface area is 326 Å². The molecule has 3 nitrogen and oxygen atoms in total. The minimum absolute atomic E-state index is 0.874. The summed E-state index contributed by atoms with van der Waals surface area (Å²) >= 11 is 1.85. The minimum Gasteiger partial charge on any atom is -0.455 e. The second kappa shape index (κ2) is 12.2. The predicted octanol–water partition coefficient (Wildman–Crippen LogP) is 15.3. The normalized spacial score (nSPS) is 11.9. The van der Waals surface area contributed by atoms with Gasteiger partial charge in [-0.3, -0.25) is 0 Å². The molecule has 0 saturated heterocycles. The van der Waals surface area contributed by atoms with E-state index in [1.54, 1.807) is 0 Å². The number of hydrogen-bond donors (Lipinski definition) is 0. The Kier molecular flexibility index (Phi) is 6.80. The smallest absolute Gasteiger partial charge is 0.143 e. The van der Waals surface area contributed by atoms with Crippen LogP contribution in [0.3, 0.4) is 0 Å². The van der Waals surface area contributed by atoms with Crippen molar-refractivity contribution in [3.05, 3.63) is 194 Å². The molecule has 0 unspecified atom stereocenters. The largest absolute Gasteiger partial charge is 0.455 e. The first kappa shape index (κ1) is 31.2. The predicted molar refractivity (Wildman–Crippen MR) is 239 cm³/mol. The van der Waals surface area contributed by atoms with Crippen LogP contribution < -0.4 is 4.90 Å². The summed E-state index contributed by atoms with van der Waals surface area (Å²) in [5, 5.41) is 9.53. The zero-order valence-electron chi connectivity index (χ0n) is 30.2. The molecule has 0 N–H and O–H groups in total. The van der Waals surface area contributed by atoms with Crippen molar-refractivity contribution in [2.24, 2.45) is 0 Å². The van der Waals surface area contributed by atoms with Gasteiger partial charge >= 0.3 is 0 Å². The molecule has 0 atom stereocenters. The molecular formula is C52H32N2OS. The minimum atomic E-state index is 0.874. The van der Waals surface area contributed by atoms with Crippen LogP contribution in [0.15, 0.2) is 199 Å². The van der Waals surface area contributed by atoms with Crippen LogP contribution in [-0.2, 0) is 0 Å². The van der Waals surface area contributed by atoms with Crippen LogP contribution >= 0.6 is 11.3 Å². The SMILES string of the molecule is c1ccc(-n2c3ccccc3c3c(-c4ccc(N(c5cccc6oc7c8ccccc8ccc7c56)c5cccc6sc7ccccc7c56)cc4)cccc32)cc1. The summed E-state index contributed by atoms with van der Waals surface area (Å²) in [6.07, 6.45) is 0. The first-order valence-corrected chi connectivity index (χ1v) is 19.8. The lowest BCUT2D eigenvalue weighted by Crippen LogP contribution is -2.10. The number of thiophene rings is 1. The standard InChI is InChI=1S/C52H32N2OS/c1-2-14-35(15-3-1)53-42-20-8-6-17-39(42)49-37(19-10-21-43(49)53)34-27-30-36(31-28-34)54(45-23-12-26-48-51(45)40-18-7-9-25-47(40)56-48)44-22-11-24-46-50(44)41-32-29-33-13-4-5-16-38(33)52(41)55-46/h1-32H. The molecular weight excluding hydrogens is 701 g/mol. The molecule has 12 aromatic rings. The number of nitrogens with zero attached hydrogens (tertiary/aromatic N) is 2. The molecule has 4 heteroatoms. The quantitative estimate of drug-likeness (QED) is 0.176. The zero-order chi connectivity index (χ0) is 36.7. The summed E-state index contributed by atoms with van der Waals surface area (Å²) in [7, 11) is 0. The molecule has 0 radical (unpaired) electrons. The van der Waals surface area contributed by atoms with Gasteiger partial charge in [0.25, 0.3) is 0 Å². The van der Waals surface area contributed by atoms with Gasteiger partial charge in [0.15, 0.2) is 0 Å². The molecule has 262 valence electrons. The van der Waals surface area contributed by atoms with Crippen molar-refractivity contribution in [1.29, 1.82) is 0 Å². The molecule has 0 amide bonds. The molecule has 0 bridgehead atoms. The fraction of sp³-hybridized carbons (Fsp3) is 0. The van der Waals surface area contributed by atoms with Crippen molar-refractivity contribution in [2.75, 3.05) is 4.90 Å². The number of rotatable bonds is 5. The first-order chi connectivity index (χ1) is 27.8. The zero-order valence-corrected chi connectivity index (χ0v) is 31.0. The summed E-state index contributed by atoms with van der Waals surface area (Å²) in [4.78, 5) is 2.44. The average Bonchev–Trinajstić information content (AvgIpc) is 3.95. The molecule has 9 aromatic carbocycles. The van der Waals surface area contributed by atoms with E-state index >= 15 is 0 Å². The number of fused-ring (bicyclic) bond motifs is 11. The van der Waals surface area contributed by atoms with Crippen LogP contribution in [0, 0.1) is 0 Å². The summed E-state index contributed by atoms with van der Waals surface area (Å²) in [6, 6.07) is 70.1. The van der Waals surface area contributed by atoms with E-state index in [0.717, 1.165) is 50.1 Å². The Morgan fingerprint density at radius 2 is 1.11 bits per heavy atom. The Morgan fingerprint density at radius 1 is 0.429 bits per heavy atom. The molecule has 0 aliphatic carbocycles. The Balaban J connectivity index is 1.10. The summed E-state index contributed by atoms with van der Waals surface area (Å²) in [6.45, 7) is 0. The third kappa shape index (κ3) is 4.57. The van der Waals surface area contributed by atoms with Crippen LogP contribution in [0.2, 0.25) is 0 Å². The van der Waals surface area contributed by atoms with Crippen LogP contribution in [0.1, 0.15) is 0 Å². The van der Waals surface area contributed by atoms with Crippen molar-refractivity contribution in [2.45, 2.75) is 0 Å². The number of aromatic nitrogens is 1. The van der Waals surface area contributed by atoms with E-state index in [4.69, 9.17) is 4.42 Å². The number of para-hydroxylation sites is 2. The highest BCUT2D eigenvalue weighted by Crippen LogP contribution is 2.49. The van der Waals surface area contributed by atoms with Crippen molar-refractivity contribution >= 4 is 103 Å². The number of hydrogen-bond acceptors (Lipinski definition) is 3. The monoisotopic (exact) mass is 732 g/mol. The van der Waals surface area contributed by atoms with E-state index in [-0.39, 0.29) is 0 Å². The average molecular weight is 733 g/mol. The Hall–Kier alpha value is -7.14. The van der Waals surface area contributed by atoms with Gasteiger partial charge in [-0.2, -0.15) is 0 Å². The molecule has 0 fully saturated rings. The molecule has 0 aliphatic heterocycles. The van der Waals surface area contributed by atoms with E-state index < -0.39 is 0 Å². The summed E-state index contributed by atoms with van der Waals surface area (Å²) in [5.41, 5.74) is 11.0. The van der Waals surface area contributed by atoms with Gasteiger partial charge in [-0.25, -0.2) is 0 Å². The van der Waals surface area contributed by atoms with Crippen molar-refractivity contribution in [3.8, 4) is 16.8 Å². The highest BCUT2D eigenvalue weighted by Gasteiger charge is 2.24. The maximum atomic E-state index is 6.73. The maximum absolute atomic E-state index is 6.73. The van der Waals surface area contributed by atoms with Gasteiger partial charge in [0, 0.05) is 53.1 Å². The lowest BCUT2D eigenvalue weighted by Gasteiger charge is -2.27.